The molecule has 0 amide bonds. The Morgan fingerprint density at radius 2 is 1.59 bits per heavy atom. The van der Waals surface area contributed by atoms with Gasteiger partial charge in [-0.2, -0.15) is 0 Å². The molecule has 7 nitrogen and oxygen atoms in total. The number of hydrogen-bond donors (Lipinski definition) is 2. The fourth-order valence-electron chi connectivity index (χ4n) is 4.62. The SMILES string of the molecule is O=S(=O)(Nc1ccc([C@H]2O[C@@H](CSc3nc4ccccc4s3)C[C@@H](c3ccc(CO)cc3)O2)cc1)c1ccccc1. The van der Waals surface area contributed by atoms with Crippen molar-refractivity contribution < 1.29 is 23.0 Å². The van der Waals surface area contributed by atoms with E-state index in [1.54, 1.807) is 65.6 Å². The lowest BCUT2D eigenvalue weighted by molar-refractivity contribution is -0.245. The average Bonchev–Trinajstić information content (AvgIpc) is 3.44. The van der Waals surface area contributed by atoms with Crippen molar-refractivity contribution in [2.24, 2.45) is 0 Å². The maximum absolute atomic E-state index is 12.7. The van der Waals surface area contributed by atoms with Crippen molar-refractivity contribution in [2.75, 3.05) is 10.5 Å². The standard InChI is InChI=1S/C31H28N2O5S3/c34-19-21-10-12-22(13-11-21)28-18-25(20-39-31-32-27-8-4-5-9-29(27)40-31)37-30(38-28)23-14-16-24(17-15-23)33-41(35,36)26-6-2-1-3-7-26/h1-17,25,28,30,33-34H,18-20H2/t25-,28+,30+/m1/s1. The van der Waals surface area contributed by atoms with E-state index in [0.717, 1.165) is 31.2 Å². The van der Waals surface area contributed by atoms with Crippen LogP contribution in [0.15, 0.2) is 112 Å². The molecule has 0 unspecified atom stereocenters. The van der Waals surface area contributed by atoms with E-state index in [4.69, 9.17) is 14.5 Å². The molecule has 0 bridgehead atoms. The van der Waals surface area contributed by atoms with E-state index >= 15 is 0 Å². The number of thioether (sulfide) groups is 1. The molecular weight excluding hydrogens is 577 g/mol. The van der Waals surface area contributed by atoms with Gasteiger partial charge in [0.2, 0.25) is 0 Å². The minimum atomic E-state index is -3.69. The number of aliphatic hydroxyl groups is 1. The van der Waals surface area contributed by atoms with E-state index in [-0.39, 0.29) is 23.7 Å². The first-order valence-corrected chi connectivity index (χ1v) is 16.4. The lowest BCUT2D eigenvalue weighted by Gasteiger charge is -2.36. The van der Waals surface area contributed by atoms with E-state index < -0.39 is 16.3 Å². The Morgan fingerprint density at radius 3 is 2.32 bits per heavy atom. The molecule has 6 rings (SSSR count). The van der Waals surface area contributed by atoms with Crippen LogP contribution in [0.1, 0.15) is 35.5 Å². The van der Waals surface area contributed by atoms with Crippen LogP contribution < -0.4 is 4.72 Å². The molecule has 0 aliphatic carbocycles. The van der Waals surface area contributed by atoms with Crippen LogP contribution >= 0.6 is 23.1 Å². The van der Waals surface area contributed by atoms with Gasteiger partial charge in [0.1, 0.15) is 0 Å². The first-order valence-electron chi connectivity index (χ1n) is 13.1. The van der Waals surface area contributed by atoms with Crippen molar-refractivity contribution in [1.29, 1.82) is 0 Å². The van der Waals surface area contributed by atoms with Crippen molar-refractivity contribution in [3.05, 3.63) is 120 Å². The Balaban J connectivity index is 1.20. The molecule has 5 aromatic rings. The van der Waals surface area contributed by atoms with Crippen LogP contribution in [0.25, 0.3) is 10.2 Å². The van der Waals surface area contributed by atoms with Gasteiger partial charge in [0.25, 0.3) is 10.0 Å². The molecule has 2 heterocycles. The monoisotopic (exact) mass is 604 g/mol. The number of nitrogens with one attached hydrogen (secondary N) is 1. The second-order valence-corrected chi connectivity index (χ2v) is 13.6. The highest BCUT2D eigenvalue weighted by Crippen LogP contribution is 2.40. The van der Waals surface area contributed by atoms with E-state index in [1.807, 2.05) is 54.6 Å². The van der Waals surface area contributed by atoms with Gasteiger partial charge in [-0.15, -0.1) is 11.3 Å². The molecule has 1 aliphatic rings. The molecule has 1 fully saturated rings. The number of hydrogen-bond acceptors (Lipinski definition) is 8. The van der Waals surface area contributed by atoms with Crippen molar-refractivity contribution >= 4 is 49.0 Å². The first kappa shape index (κ1) is 27.9. The number of benzene rings is 4. The van der Waals surface area contributed by atoms with Crippen LogP contribution in [0, 0.1) is 0 Å². The topological polar surface area (TPSA) is 97.8 Å². The lowest BCUT2D eigenvalue weighted by Crippen LogP contribution is -2.31. The number of sulfonamides is 1. The largest absolute Gasteiger partial charge is 0.392 e. The number of anilines is 1. The van der Waals surface area contributed by atoms with Gasteiger partial charge in [-0.1, -0.05) is 78.5 Å². The number of thiazole rings is 1. The summed E-state index contributed by atoms with van der Waals surface area (Å²) in [5.74, 6) is 0.708. The van der Waals surface area contributed by atoms with Crippen molar-refractivity contribution in [3.63, 3.8) is 0 Å². The number of aromatic nitrogens is 1. The highest BCUT2D eigenvalue weighted by Gasteiger charge is 2.32. The summed E-state index contributed by atoms with van der Waals surface area (Å²) < 4.78 is 43.1. The minimum absolute atomic E-state index is 0.0145. The van der Waals surface area contributed by atoms with Crippen LogP contribution in [0.3, 0.4) is 0 Å². The third-order valence-corrected chi connectivity index (χ3v) is 10.5. The van der Waals surface area contributed by atoms with Crippen LogP contribution in [0.5, 0.6) is 0 Å². The second-order valence-electron chi connectivity index (χ2n) is 9.65. The lowest BCUT2D eigenvalue weighted by atomic mass is 10.0. The molecule has 41 heavy (non-hydrogen) atoms. The Hall–Kier alpha value is -3.25. The van der Waals surface area contributed by atoms with Gasteiger partial charge in [-0.25, -0.2) is 13.4 Å². The normalized spacial score (nSPS) is 19.3. The van der Waals surface area contributed by atoms with Crippen LogP contribution in [-0.2, 0) is 26.1 Å². The maximum Gasteiger partial charge on any atom is 0.261 e. The zero-order valence-electron chi connectivity index (χ0n) is 21.9. The molecule has 3 atom stereocenters. The number of ether oxygens (including phenoxy) is 2. The third kappa shape index (κ3) is 6.64. The zero-order valence-corrected chi connectivity index (χ0v) is 24.4. The second kappa shape index (κ2) is 12.3. The summed E-state index contributed by atoms with van der Waals surface area (Å²) in [4.78, 5) is 4.95. The Kier molecular flexibility index (Phi) is 8.38. The van der Waals surface area contributed by atoms with Crippen molar-refractivity contribution in [2.45, 2.75) is 40.8 Å². The number of rotatable bonds is 9. The van der Waals surface area contributed by atoms with E-state index in [0.29, 0.717) is 17.9 Å². The average molecular weight is 605 g/mol. The maximum atomic E-state index is 12.7. The van der Waals surface area contributed by atoms with Gasteiger partial charge in [0.15, 0.2) is 10.6 Å². The molecule has 4 aromatic carbocycles. The molecular formula is C31H28N2O5S3. The summed E-state index contributed by atoms with van der Waals surface area (Å²) in [6.07, 6.45) is -0.280. The third-order valence-electron chi connectivity index (χ3n) is 6.77. The molecule has 210 valence electrons. The zero-order chi connectivity index (χ0) is 28.2. The highest BCUT2D eigenvalue weighted by molar-refractivity contribution is 8.01. The predicted octanol–water partition coefficient (Wildman–Crippen LogP) is 6.93. The number of para-hydroxylation sites is 1. The van der Waals surface area contributed by atoms with Gasteiger partial charge < -0.3 is 14.6 Å². The highest BCUT2D eigenvalue weighted by atomic mass is 32.2. The van der Waals surface area contributed by atoms with E-state index in [1.165, 1.54) is 0 Å². The van der Waals surface area contributed by atoms with Gasteiger partial charge >= 0.3 is 0 Å². The van der Waals surface area contributed by atoms with Crippen molar-refractivity contribution in [1.82, 2.24) is 4.98 Å². The first-order chi connectivity index (χ1) is 20.0. The smallest absolute Gasteiger partial charge is 0.261 e. The Labute approximate surface area is 247 Å². The number of nitrogens with zero attached hydrogens (tertiary/aromatic N) is 1. The van der Waals surface area contributed by atoms with Gasteiger partial charge in [-0.05, 0) is 47.5 Å². The molecule has 2 N–H and O–H groups in total. The van der Waals surface area contributed by atoms with Crippen LogP contribution in [0.2, 0.25) is 0 Å². The van der Waals surface area contributed by atoms with Crippen molar-refractivity contribution in [3.8, 4) is 0 Å². The number of aliphatic hydroxyl groups excluding tert-OH is 1. The van der Waals surface area contributed by atoms with E-state index in [9.17, 15) is 13.5 Å². The summed E-state index contributed by atoms with van der Waals surface area (Å²) in [5.41, 5.74) is 4.09. The minimum Gasteiger partial charge on any atom is -0.392 e. The van der Waals surface area contributed by atoms with E-state index in [2.05, 4.69) is 10.8 Å². The van der Waals surface area contributed by atoms with Gasteiger partial charge in [0, 0.05) is 23.4 Å². The quantitative estimate of drug-likeness (QED) is 0.176. The van der Waals surface area contributed by atoms with Gasteiger partial charge in [-0.3, -0.25) is 4.72 Å². The molecule has 10 heteroatoms. The molecule has 0 radical (unpaired) electrons. The summed E-state index contributed by atoms with van der Waals surface area (Å²) in [7, 11) is -3.69. The Morgan fingerprint density at radius 1 is 0.878 bits per heavy atom. The summed E-state index contributed by atoms with van der Waals surface area (Å²) in [6.45, 7) is -0.0145. The van der Waals surface area contributed by atoms with Gasteiger partial charge in [0.05, 0.1) is 33.9 Å². The summed E-state index contributed by atoms with van der Waals surface area (Å²) in [5, 5.41) is 9.46. The molecule has 0 saturated carbocycles. The fourth-order valence-corrected chi connectivity index (χ4v) is 7.81. The number of fused-ring (bicyclic) bond motifs is 1. The van der Waals surface area contributed by atoms with Crippen LogP contribution in [-0.4, -0.2) is 30.4 Å². The predicted molar refractivity (Wildman–Crippen MR) is 162 cm³/mol. The molecule has 1 aliphatic heterocycles. The Bertz CT molecular complexity index is 1680. The fraction of sp³-hybridized carbons (Fsp3) is 0.194. The summed E-state index contributed by atoms with van der Waals surface area (Å²) in [6, 6.07) is 31.2. The molecule has 0 spiro atoms. The molecule has 1 saturated heterocycles. The molecule has 1 aromatic heterocycles. The summed E-state index contributed by atoms with van der Waals surface area (Å²) >= 11 is 3.35. The van der Waals surface area contributed by atoms with Crippen LogP contribution in [0.4, 0.5) is 5.69 Å².